The van der Waals surface area contributed by atoms with E-state index < -0.39 is 0 Å². The second-order valence-electron chi connectivity index (χ2n) is 8.79. The molecule has 2 fully saturated rings. The van der Waals surface area contributed by atoms with Gasteiger partial charge in [0.15, 0.2) is 0 Å². The van der Waals surface area contributed by atoms with Gasteiger partial charge in [0.1, 0.15) is 6.61 Å². The Morgan fingerprint density at radius 3 is 2.45 bits per heavy atom. The number of rotatable bonds is 8. The zero-order chi connectivity index (χ0) is 20.5. The minimum absolute atomic E-state index is 0.107. The van der Waals surface area contributed by atoms with E-state index in [0.29, 0.717) is 36.9 Å². The fourth-order valence-corrected chi connectivity index (χ4v) is 4.76. The molecule has 2 aliphatic carbocycles. The Hall–Kier alpha value is -1.85. The highest BCUT2D eigenvalue weighted by molar-refractivity contribution is 5.67. The van der Waals surface area contributed by atoms with Crippen LogP contribution in [0.3, 0.4) is 0 Å². The molecule has 2 aliphatic rings. The van der Waals surface area contributed by atoms with Crippen molar-refractivity contribution in [3.63, 3.8) is 0 Å². The molecule has 160 valence electrons. The average Bonchev–Trinajstić information content (AvgIpc) is 2.76. The molecule has 1 amide bonds. The van der Waals surface area contributed by atoms with E-state index in [9.17, 15) is 9.90 Å². The van der Waals surface area contributed by atoms with E-state index in [1.165, 1.54) is 6.42 Å². The molecule has 0 aromatic heterocycles. The van der Waals surface area contributed by atoms with Gasteiger partial charge in [0, 0.05) is 12.6 Å². The quantitative estimate of drug-likeness (QED) is 0.576. The zero-order valence-corrected chi connectivity index (χ0v) is 17.4. The van der Waals surface area contributed by atoms with Gasteiger partial charge in [-0.2, -0.15) is 0 Å². The molecule has 2 saturated carbocycles. The molecule has 5 heteroatoms. The van der Waals surface area contributed by atoms with Crippen molar-refractivity contribution in [2.24, 2.45) is 17.8 Å². The first-order chi connectivity index (χ1) is 14.1. The van der Waals surface area contributed by atoms with Crippen LogP contribution >= 0.6 is 0 Å². The van der Waals surface area contributed by atoms with E-state index in [1.54, 1.807) is 0 Å². The second kappa shape index (κ2) is 11.4. The Labute approximate surface area is 174 Å². The number of alkyl carbamates (subject to hydrolysis) is 1. The summed E-state index contributed by atoms with van der Waals surface area (Å²) in [7, 11) is 0. The van der Waals surface area contributed by atoms with Crippen LogP contribution in [0.5, 0.6) is 0 Å². The van der Waals surface area contributed by atoms with Gasteiger partial charge in [-0.25, -0.2) is 4.79 Å². The number of carbonyl (C=O) groups is 1. The largest absolute Gasteiger partial charge is 0.445 e. The SMILES string of the molecule is C=CC1C[C@@H](CNC(=O)OCc2ccccc2)C[C@H](CNC2CCC(O)CC2)C1. The van der Waals surface area contributed by atoms with Gasteiger partial charge in [-0.3, -0.25) is 0 Å². The molecular formula is C24H36N2O3. The first kappa shape index (κ1) is 21.8. The fraction of sp³-hybridized carbons (Fsp3) is 0.625. The maximum atomic E-state index is 12.1. The third kappa shape index (κ3) is 7.48. The van der Waals surface area contributed by atoms with Gasteiger partial charge in [-0.1, -0.05) is 36.4 Å². The van der Waals surface area contributed by atoms with Crippen LogP contribution in [0.4, 0.5) is 4.79 Å². The Morgan fingerprint density at radius 2 is 1.76 bits per heavy atom. The first-order valence-electron chi connectivity index (χ1n) is 11.1. The standard InChI is InChI=1S/C24H36N2O3/c1-2-18-12-20(15-25-22-8-10-23(27)11-9-22)14-21(13-18)16-26-24(28)29-17-19-6-4-3-5-7-19/h2-7,18,20-23,25,27H,1,8-17H2,(H,26,28)/t18?,20-,21-,22?,23?/m1/s1. The third-order valence-corrected chi connectivity index (χ3v) is 6.41. The maximum Gasteiger partial charge on any atom is 0.407 e. The number of amides is 1. The molecule has 1 unspecified atom stereocenters. The topological polar surface area (TPSA) is 70.6 Å². The number of benzene rings is 1. The van der Waals surface area contributed by atoms with E-state index in [0.717, 1.165) is 50.6 Å². The lowest BCUT2D eigenvalue weighted by molar-refractivity contribution is 0.113. The number of carbonyl (C=O) groups excluding carboxylic acids is 1. The number of nitrogens with one attached hydrogen (secondary N) is 2. The minimum atomic E-state index is -0.343. The van der Waals surface area contributed by atoms with E-state index in [2.05, 4.69) is 23.3 Å². The van der Waals surface area contributed by atoms with E-state index in [1.807, 2.05) is 30.3 Å². The summed E-state index contributed by atoms with van der Waals surface area (Å²) >= 11 is 0. The fourth-order valence-electron chi connectivity index (χ4n) is 4.76. The second-order valence-corrected chi connectivity index (χ2v) is 8.79. The van der Waals surface area contributed by atoms with Crippen molar-refractivity contribution in [3.05, 3.63) is 48.6 Å². The van der Waals surface area contributed by atoms with Crippen molar-refractivity contribution in [2.75, 3.05) is 13.1 Å². The Bertz CT molecular complexity index is 628. The molecule has 29 heavy (non-hydrogen) atoms. The van der Waals surface area contributed by atoms with Crippen LogP contribution in [0, 0.1) is 17.8 Å². The number of allylic oxidation sites excluding steroid dienone is 1. The van der Waals surface area contributed by atoms with Crippen LogP contribution in [-0.2, 0) is 11.3 Å². The van der Waals surface area contributed by atoms with Crippen molar-refractivity contribution in [1.82, 2.24) is 10.6 Å². The molecule has 3 rings (SSSR count). The van der Waals surface area contributed by atoms with Crippen molar-refractivity contribution in [3.8, 4) is 0 Å². The van der Waals surface area contributed by atoms with Crippen molar-refractivity contribution in [1.29, 1.82) is 0 Å². The first-order valence-corrected chi connectivity index (χ1v) is 11.1. The minimum Gasteiger partial charge on any atom is -0.445 e. The van der Waals surface area contributed by atoms with Gasteiger partial charge < -0.3 is 20.5 Å². The number of aliphatic hydroxyl groups is 1. The monoisotopic (exact) mass is 400 g/mol. The normalized spacial score (nSPS) is 29.8. The Morgan fingerprint density at radius 1 is 1.07 bits per heavy atom. The molecular weight excluding hydrogens is 364 g/mol. The summed E-state index contributed by atoms with van der Waals surface area (Å²) in [6, 6.07) is 10.3. The molecule has 3 atom stereocenters. The average molecular weight is 401 g/mol. The van der Waals surface area contributed by atoms with Crippen LogP contribution in [0.15, 0.2) is 43.0 Å². The molecule has 0 saturated heterocycles. The predicted molar refractivity (Wildman–Crippen MR) is 115 cm³/mol. The van der Waals surface area contributed by atoms with Gasteiger partial charge in [0.05, 0.1) is 6.10 Å². The van der Waals surface area contributed by atoms with Crippen molar-refractivity contribution >= 4 is 6.09 Å². The summed E-state index contributed by atoms with van der Waals surface area (Å²) in [5, 5.41) is 16.3. The van der Waals surface area contributed by atoms with E-state index in [-0.39, 0.29) is 12.2 Å². The highest BCUT2D eigenvalue weighted by atomic mass is 16.5. The van der Waals surface area contributed by atoms with Crippen LogP contribution < -0.4 is 10.6 Å². The highest BCUT2D eigenvalue weighted by Crippen LogP contribution is 2.34. The van der Waals surface area contributed by atoms with Crippen LogP contribution in [-0.4, -0.2) is 36.4 Å². The summed E-state index contributed by atoms with van der Waals surface area (Å²) in [5.41, 5.74) is 0.994. The summed E-state index contributed by atoms with van der Waals surface area (Å²) < 4.78 is 5.33. The van der Waals surface area contributed by atoms with Crippen LogP contribution in [0.1, 0.15) is 50.5 Å². The van der Waals surface area contributed by atoms with Crippen molar-refractivity contribution in [2.45, 2.75) is 63.7 Å². The molecule has 0 heterocycles. The lowest BCUT2D eigenvalue weighted by atomic mass is 9.75. The molecule has 3 N–H and O–H groups in total. The highest BCUT2D eigenvalue weighted by Gasteiger charge is 2.28. The zero-order valence-electron chi connectivity index (χ0n) is 17.4. The molecule has 0 bridgehead atoms. The van der Waals surface area contributed by atoms with E-state index in [4.69, 9.17) is 4.74 Å². The number of aliphatic hydroxyl groups excluding tert-OH is 1. The molecule has 0 aliphatic heterocycles. The van der Waals surface area contributed by atoms with E-state index >= 15 is 0 Å². The lowest BCUT2D eigenvalue weighted by Gasteiger charge is -2.35. The van der Waals surface area contributed by atoms with Gasteiger partial charge >= 0.3 is 6.09 Å². The van der Waals surface area contributed by atoms with Crippen LogP contribution in [0.25, 0.3) is 0 Å². The number of hydrogen-bond donors (Lipinski definition) is 3. The third-order valence-electron chi connectivity index (χ3n) is 6.41. The van der Waals surface area contributed by atoms with Gasteiger partial charge in [0.25, 0.3) is 0 Å². The molecule has 0 radical (unpaired) electrons. The lowest BCUT2D eigenvalue weighted by Crippen LogP contribution is -2.40. The number of ether oxygens (including phenoxy) is 1. The van der Waals surface area contributed by atoms with Gasteiger partial charge in [0.2, 0.25) is 0 Å². The summed E-state index contributed by atoms with van der Waals surface area (Å²) in [5.74, 6) is 1.57. The smallest absolute Gasteiger partial charge is 0.407 e. The summed E-state index contributed by atoms with van der Waals surface area (Å²) in [6.45, 7) is 5.98. The maximum absolute atomic E-state index is 12.1. The molecule has 1 aromatic rings. The van der Waals surface area contributed by atoms with Crippen molar-refractivity contribution < 1.29 is 14.6 Å². The van der Waals surface area contributed by atoms with Gasteiger partial charge in [-0.05, 0) is 74.8 Å². The summed E-state index contributed by atoms with van der Waals surface area (Å²) in [4.78, 5) is 12.1. The molecule has 1 aromatic carbocycles. The molecule has 0 spiro atoms. The summed E-state index contributed by atoms with van der Waals surface area (Å²) in [6.07, 6.45) is 8.94. The van der Waals surface area contributed by atoms with Gasteiger partial charge in [-0.15, -0.1) is 6.58 Å². The number of hydrogen-bond acceptors (Lipinski definition) is 4. The Balaban J connectivity index is 1.38. The predicted octanol–water partition coefficient (Wildman–Crippen LogP) is 4.02. The van der Waals surface area contributed by atoms with Crippen LogP contribution in [0.2, 0.25) is 0 Å². The Kier molecular flexibility index (Phi) is 8.56. The molecule has 5 nitrogen and oxygen atoms in total.